The number of benzene rings is 1. The van der Waals surface area contributed by atoms with Gasteiger partial charge in [0.15, 0.2) is 17.3 Å². The molecule has 0 spiro atoms. The second-order valence-corrected chi connectivity index (χ2v) is 5.11. The summed E-state index contributed by atoms with van der Waals surface area (Å²) in [5, 5.41) is 7.14. The maximum Gasteiger partial charge on any atom is 0.174 e. The van der Waals surface area contributed by atoms with Crippen molar-refractivity contribution in [2.75, 3.05) is 0 Å². The highest BCUT2D eigenvalue weighted by atomic mass is 19.1. The van der Waals surface area contributed by atoms with Crippen molar-refractivity contribution in [3.05, 3.63) is 47.1 Å². The Hall–Kier alpha value is -1.88. The van der Waals surface area contributed by atoms with Crippen molar-refractivity contribution >= 4 is 0 Å². The van der Waals surface area contributed by atoms with Gasteiger partial charge in [-0.15, -0.1) is 0 Å². The van der Waals surface area contributed by atoms with Gasteiger partial charge in [-0.3, -0.25) is 0 Å². The van der Waals surface area contributed by atoms with Crippen LogP contribution < -0.4 is 10.1 Å². The standard InChI is InChI=1S/C15H17FN2O2/c1-10-7-13(20-18-10)9-19-15-11(3-2-4-14(15)16)8-17-12-5-6-12/h2-4,7,12,17H,5-6,8-9H2,1H3. The number of aryl methyl sites for hydroxylation is 1. The zero-order chi connectivity index (χ0) is 13.9. The highest BCUT2D eigenvalue weighted by Crippen LogP contribution is 2.26. The number of hydrogen-bond donors (Lipinski definition) is 1. The summed E-state index contributed by atoms with van der Waals surface area (Å²) in [6, 6.07) is 7.33. The van der Waals surface area contributed by atoms with Gasteiger partial charge < -0.3 is 14.6 Å². The number of hydrogen-bond acceptors (Lipinski definition) is 4. The van der Waals surface area contributed by atoms with Crippen LogP contribution in [0.15, 0.2) is 28.8 Å². The minimum Gasteiger partial charge on any atom is -0.482 e. The lowest BCUT2D eigenvalue weighted by Gasteiger charge is -2.11. The molecule has 1 aromatic heterocycles. The molecule has 0 aliphatic heterocycles. The van der Waals surface area contributed by atoms with Crippen molar-refractivity contribution in [1.29, 1.82) is 0 Å². The monoisotopic (exact) mass is 276 g/mol. The van der Waals surface area contributed by atoms with Gasteiger partial charge >= 0.3 is 0 Å². The van der Waals surface area contributed by atoms with E-state index in [2.05, 4.69) is 10.5 Å². The van der Waals surface area contributed by atoms with Gasteiger partial charge in [0.05, 0.1) is 5.69 Å². The van der Waals surface area contributed by atoms with Crippen LogP contribution in [0.4, 0.5) is 4.39 Å². The third kappa shape index (κ3) is 3.17. The van der Waals surface area contributed by atoms with Gasteiger partial charge in [-0.25, -0.2) is 4.39 Å². The fraction of sp³-hybridized carbons (Fsp3) is 0.400. The van der Waals surface area contributed by atoms with Crippen molar-refractivity contribution in [3.63, 3.8) is 0 Å². The van der Waals surface area contributed by atoms with Crippen LogP contribution in [-0.2, 0) is 13.2 Å². The molecule has 0 atom stereocenters. The number of ether oxygens (including phenoxy) is 1. The Kier molecular flexibility index (Phi) is 3.69. The van der Waals surface area contributed by atoms with E-state index in [1.165, 1.54) is 18.9 Å². The first-order valence-corrected chi connectivity index (χ1v) is 6.78. The molecule has 1 saturated carbocycles. The molecule has 4 nitrogen and oxygen atoms in total. The molecule has 0 unspecified atom stereocenters. The third-order valence-electron chi connectivity index (χ3n) is 3.24. The molecule has 0 bridgehead atoms. The van der Waals surface area contributed by atoms with Crippen LogP contribution in [0.2, 0.25) is 0 Å². The first-order valence-electron chi connectivity index (χ1n) is 6.78. The van der Waals surface area contributed by atoms with E-state index in [9.17, 15) is 4.39 Å². The lowest BCUT2D eigenvalue weighted by atomic mass is 10.2. The molecule has 1 fully saturated rings. The molecule has 2 aromatic rings. The molecule has 0 radical (unpaired) electrons. The van der Waals surface area contributed by atoms with Crippen molar-refractivity contribution < 1.29 is 13.7 Å². The zero-order valence-electron chi connectivity index (χ0n) is 11.4. The first-order chi connectivity index (χ1) is 9.72. The molecule has 1 aliphatic rings. The zero-order valence-corrected chi connectivity index (χ0v) is 11.4. The summed E-state index contributed by atoms with van der Waals surface area (Å²) in [7, 11) is 0. The molecular formula is C15H17FN2O2. The predicted octanol–water partition coefficient (Wildman–Crippen LogP) is 2.95. The number of aromatic nitrogens is 1. The number of nitrogens with zero attached hydrogens (tertiary/aromatic N) is 1. The lowest BCUT2D eigenvalue weighted by molar-refractivity contribution is 0.237. The second-order valence-electron chi connectivity index (χ2n) is 5.11. The van der Waals surface area contributed by atoms with Gasteiger partial charge in [-0.1, -0.05) is 17.3 Å². The smallest absolute Gasteiger partial charge is 0.174 e. The lowest BCUT2D eigenvalue weighted by Crippen LogP contribution is -2.16. The summed E-state index contributed by atoms with van der Waals surface area (Å²) < 4.78 is 24.5. The van der Waals surface area contributed by atoms with Gasteiger partial charge in [0.25, 0.3) is 0 Å². The minimum atomic E-state index is -0.351. The number of para-hydroxylation sites is 1. The molecule has 1 N–H and O–H groups in total. The molecule has 1 aromatic carbocycles. The van der Waals surface area contributed by atoms with Crippen molar-refractivity contribution in [2.24, 2.45) is 0 Å². The van der Waals surface area contributed by atoms with Gasteiger partial charge in [-0.2, -0.15) is 0 Å². The molecular weight excluding hydrogens is 259 g/mol. The van der Waals surface area contributed by atoms with Crippen LogP contribution in [0.1, 0.15) is 29.9 Å². The second kappa shape index (κ2) is 5.63. The quantitative estimate of drug-likeness (QED) is 0.881. The van der Waals surface area contributed by atoms with Gasteiger partial charge in [0.1, 0.15) is 6.61 Å². The van der Waals surface area contributed by atoms with Crippen LogP contribution in [0.3, 0.4) is 0 Å². The third-order valence-corrected chi connectivity index (χ3v) is 3.24. The van der Waals surface area contributed by atoms with Gasteiger partial charge in [-0.05, 0) is 25.8 Å². The van der Waals surface area contributed by atoms with Crippen molar-refractivity contribution in [1.82, 2.24) is 10.5 Å². The van der Waals surface area contributed by atoms with Gasteiger partial charge in [0.2, 0.25) is 0 Å². The van der Waals surface area contributed by atoms with E-state index < -0.39 is 0 Å². The summed E-state index contributed by atoms with van der Waals surface area (Å²) in [5.74, 6) is 0.526. The van der Waals surface area contributed by atoms with Crippen molar-refractivity contribution in [3.8, 4) is 5.75 Å². The number of nitrogens with one attached hydrogen (secondary N) is 1. The Bertz CT molecular complexity index is 593. The van der Waals surface area contributed by atoms with Crippen molar-refractivity contribution in [2.45, 2.75) is 39.0 Å². The normalized spacial score (nSPS) is 14.5. The van der Waals surface area contributed by atoms with Crippen LogP contribution in [0.5, 0.6) is 5.75 Å². The van der Waals surface area contributed by atoms with E-state index in [0.717, 1.165) is 11.3 Å². The first kappa shape index (κ1) is 13.1. The highest BCUT2D eigenvalue weighted by Gasteiger charge is 2.21. The summed E-state index contributed by atoms with van der Waals surface area (Å²) in [6.07, 6.45) is 2.39. The van der Waals surface area contributed by atoms with Crippen LogP contribution in [-0.4, -0.2) is 11.2 Å². The maximum absolute atomic E-state index is 13.9. The highest BCUT2D eigenvalue weighted by molar-refractivity contribution is 5.35. The average Bonchev–Trinajstić information content (AvgIpc) is 3.17. The molecule has 1 aliphatic carbocycles. The topological polar surface area (TPSA) is 47.3 Å². The van der Waals surface area contributed by atoms with Crippen LogP contribution in [0.25, 0.3) is 0 Å². The molecule has 106 valence electrons. The van der Waals surface area contributed by atoms with E-state index in [1.54, 1.807) is 12.1 Å². The largest absolute Gasteiger partial charge is 0.482 e. The Morgan fingerprint density at radius 3 is 3.00 bits per heavy atom. The summed E-state index contributed by atoms with van der Waals surface area (Å²) in [5.41, 5.74) is 1.61. The maximum atomic E-state index is 13.9. The summed E-state index contributed by atoms with van der Waals surface area (Å²) >= 11 is 0. The number of halogens is 1. The Balaban J connectivity index is 1.69. The van der Waals surface area contributed by atoms with Crippen LogP contribution in [0, 0.1) is 12.7 Å². The molecule has 1 heterocycles. The average molecular weight is 276 g/mol. The fourth-order valence-electron chi connectivity index (χ4n) is 2.02. The molecule has 0 saturated heterocycles. The Morgan fingerprint density at radius 1 is 1.45 bits per heavy atom. The Labute approximate surface area is 116 Å². The fourth-order valence-corrected chi connectivity index (χ4v) is 2.02. The van der Waals surface area contributed by atoms with Crippen LogP contribution >= 0.6 is 0 Å². The minimum absolute atomic E-state index is 0.179. The van der Waals surface area contributed by atoms with E-state index in [1.807, 2.05) is 13.0 Å². The SMILES string of the molecule is Cc1cc(COc2c(F)cccc2CNC2CC2)on1. The van der Waals surface area contributed by atoms with E-state index in [4.69, 9.17) is 9.26 Å². The Morgan fingerprint density at radius 2 is 2.30 bits per heavy atom. The van der Waals surface area contributed by atoms with Gasteiger partial charge in [0, 0.05) is 24.2 Å². The predicted molar refractivity (Wildman–Crippen MR) is 71.8 cm³/mol. The molecule has 20 heavy (non-hydrogen) atoms. The summed E-state index contributed by atoms with van der Waals surface area (Å²) in [6.45, 7) is 2.63. The van der Waals surface area contributed by atoms with E-state index >= 15 is 0 Å². The molecule has 0 amide bonds. The molecule has 3 rings (SSSR count). The molecule has 5 heteroatoms. The summed E-state index contributed by atoms with van der Waals surface area (Å²) in [4.78, 5) is 0. The van der Waals surface area contributed by atoms with E-state index in [0.29, 0.717) is 18.3 Å². The number of rotatable bonds is 6. The van der Waals surface area contributed by atoms with E-state index in [-0.39, 0.29) is 18.2 Å².